The Morgan fingerprint density at radius 3 is 2.39 bits per heavy atom. The van der Waals surface area contributed by atoms with Crippen molar-refractivity contribution in [3.63, 3.8) is 0 Å². The minimum absolute atomic E-state index is 0.000922. The van der Waals surface area contributed by atoms with Gasteiger partial charge in [0.05, 0.1) is 23.7 Å². The van der Waals surface area contributed by atoms with E-state index in [1.165, 1.54) is 13.2 Å². The molecule has 0 bridgehead atoms. The van der Waals surface area contributed by atoms with E-state index in [-0.39, 0.29) is 37.1 Å². The maximum atomic E-state index is 13.0. The molecule has 3 N–H and O–H groups in total. The number of urea groups is 1. The van der Waals surface area contributed by atoms with Gasteiger partial charge in [-0.1, -0.05) is 11.6 Å². The topological polar surface area (TPSA) is 103 Å². The zero-order chi connectivity index (χ0) is 24.4. The number of ether oxygens (including phenoxy) is 1. The molecule has 0 unspecified atom stereocenters. The molecule has 0 spiro atoms. The maximum absolute atomic E-state index is 13.0. The molecule has 1 aromatic rings. The predicted molar refractivity (Wildman–Crippen MR) is 116 cm³/mol. The van der Waals surface area contributed by atoms with Gasteiger partial charge in [-0.3, -0.25) is 14.5 Å². The van der Waals surface area contributed by atoms with Gasteiger partial charge >= 0.3 is 12.2 Å². The van der Waals surface area contributed by atoms with Crippen LogP contribution < -0.4 is 16.0 Å². The van der Waals surface area contributed by atoms with Gasteiger partial charge in [0.25, 0.3) is 0 Å². The lowest BCUT2D eigenvalue weighted by Gasteiger charge is -2.34. The highest BCUT2D eigenvalue weighted by molar-refractivity contribution is 6.31. The van der Waals surface area contributed by atoms with Crippen molar-refractivity contribution in [2.45, 2.75) is 12.6 Å². The Kier molecular flexibility index (Phi) is 10.2. The molecule has 1 aromatic carbocycles. The van der Waals surface area contributed by atoms with E-state index in [0.29, 0.717) is 39.3 Å². The van der Waals surface area contributed by atoms with Crippen molar-refractivity contribution in [3.05, 3.63) is 28.8 Å². The van der Waals surface area contributed by atoms with E-state index in [2.05, 4.69) is 16.0 Å². The quantitative estimate of drug-likeness (QED) is 0.455. The minimum atomic E-state index is -4.62. The van der Waals surface area contributed by atoms with Crippen LogP contribution in [0.5, 0.6) is 0 Å². The Hall–Kier alpha value is -2.57. The molecule has 1 saturated heterocycles. The minimum Gasteiger partial charge on any atom is -0.383 e. The first kappa shape index (κ1) is 26.7. The van der Waals surface area contributed by atoms with Crippen molar-refractivity contribution >= 4 is 35.1 Å². The van der Waals surface area contributed by atoms with Crippen LogP contribution in [0.1, 0.15) is 12.0 Å². The van der Waals surface area contributed by atoms with Gasteiger partial charge < -0.3 is 25.6 Å². The standard InChI is InChI=1S/C20H27ClF3N5O4/c1-33-11-6-25-17(30)4-5-26-19(32)29-9-7-28(8-10-29)13-18(31)27-14-2-3-16(21)15(12-14)20(22,23)24/h2-3,12H,4-11,13H2,1H3,(H,25,30)(H,26,32)(H,27,31). The number of hydrogen-bond acceptors (Lipinski definition) is 5. The lowest BCUT2D eigenvalue weighted by atomic mass is 10.2. The Balaban J connectivity index is 1.71. The molecule has 4 amide bonds. The Bertz CT molecular complexity index is 832. The summed E-state index contributed by atoms with van der Waals surface area (Å²) in [7, 11) is 1.53. The van der Waals surface area contributed by atoms with Gasteiger partial charge in [0, 0.05) is 58.5 Å². The van der Waals surface area contributed by atoms with Gasteiger partial charge in [0.2, 0.25) is 11.8 Å². The van der Waals surface area contributed by atoms with Crippen LogP contribution in [-0.2, 0) is 20.5 Å². The number of rotatable bonds is 9. The van der Waals surface area contributed by atoms with Crippen molar-refractivity contribution in [1.82, 2.24) is 20.4 Å². The normalized spacial score (nSPS) is 14.6. The molecular weight excluding hydrogens is 467 g/mol. The molecule has 1 heterocycles. The molecular formula is C20H27ClF3N5O4. The molecule has 0 aliphatic carbocycles. The molecule has 13 heteroatoms. The summed E-state index contributed by atoms with van der Waals surface area (Å²) < 4.78 is 43.7. The molecule has 2 rings (SSSR count). The second kappa shape index (κ2) is 12.6. The summed E-state index contributed by atoms with van der Waals surface area (Å²) in [5.74, 6) is -0.658. The van der Waals surface area contributed by atoms with Crippen LogP contribution >= 0.6 is 11.6 Å². The van der Waals surface area contributed by atoms with Crippen molar-refractivity contribution in [2.75, 3.05) is 64.8 Å². The number of nitrogens with zero attached hydrogens (tertiary/aromatic N) is 2. The van der Waals surface area contributed by atoms with E-state index in [1.807, 2.05) is 0 Å². The fourth-order valence-electron chi connectivity index (χ4n) is 3.11. The first-order valence-electron chi connectivity index (χ1n) is 10.3. The van der Waals surface area contributed by atoms with E-state index < -0.39 is 22.7 Å². The van der Waals surface area contributed by atoms with Crippen molar-refractivity contribution in [1.29, 1.82) is 0 Å². The van der Waals surface area contributed by atoms with Gasteiger partial charge in [-0.05, 0) is 18.2 Å². The number of hydrogen-bond donors (Lipinski definition) is 3. The number of benzene rings is 1. The monoisotopic (exact) mass is 493 g/mol. The molecule has 0 atom stereocenters. The highest BCUT2D eigenvalue weighted by Gasteiger charge is 2.33. The summed E-state index contributed by atoms with van der Waals surface area (Å²) in [6.45, 7) is 2.58. The third-order valence-electron chi connectivity index (χ3n) is 4.84. The number of alkyl halides is 3. The van der Waals surface area contributed by atoms with Crippen LogP contribution in [0.15, 0.2) is 18.2 Å². The summed E-state index contributed by atoms with van der Waals surface area (Å²) in [5, 5.41) is 7.33. The summed E-state index contributed by atoms with van der Waals surface area (Å²) in [6.07, 6.45) is -4.47. The number of amides is 4. The zero-order valence-electron chi connectivity index (χ0n) is 18.1. The molecule has 9 nitrogen and oxygen atoms in total. The molecule has 184 valence electrons. The first-order valence-corrected chi connectivity index (χ1v) is 10.7. The summed E-state index contributed by atoms with van der Waals surface area (Å²) >= 11 is 5.58. The zero-order valence-corrected chi connectivity index (χ0v) is 18.9. The molecule has 33 heavy (non-hydrogen) atoms. The van der Waals surface area contributed by atoms with Crippen LogP contribution in [-0.4, -0.2) is 87.2 Å². The van der Waals surface area contributed by atoms with Crippen LogP contribution in [0.2, 0.25) is 5.02 Å². The second-order valence-corrected chi connectivity index (χ2v) is 7.74. The molecule has 1 aliphatic heterocycles. The van der Waals surface area contributed by atoms with Crippen molar-refractivity contribution in [2.24, 2.45) is 0 Å². The fourth-order valence-corrected chi connectivity index (χ4v) is 3.33. The lowest BCUT2D eigenvalue weighted by molar-refractivity contribution is -0.137. The SMILES string of the molecule is COCCNC(=O)CCNC(=O)N1CCN(CC(=O)Nc2ccc(Cl)c(C(F)(F)F)c2)CC1. The average molecular weight is 494 g/mol. The summed E-state index contributed by atoms with van der Waals surface area (Å²) in [6, 6.07) is 2.88. The highest BCUT2D eigenvalue weighted by Crippen LogP contribution is 2.36. The molecule has 0 aromatic heterocycles. The number of anilines is 1. The number of carbonyl (C=O) groups is 3. The molecule has 1 fully saturated rings. The highest BCUT2D eigenvalue weighted by atomic mass is 35.5. The largest absolute Gasteiger partial charge is 0.417 e. The van der Waals surface area contributed by atoms with Crippen LogP contribution in [0, 0.1) is 0 Å². The second-order valence-electron chi connectivity index (χ2n) is 7.33. The third kappa shape index (κ3) is 9.06. The first-order chi connectivity index (χ1) is 15.6. The van der Waals surface area contributed by atoms with E-state index in [4.69, 9.17) is 16.3 Å². The van der Waals surface area contributed by atoms with E-state index >= 15 is 0 Å². The van der Waals surface area contributed by atoms with E-state index in [1.54, 1.807) is 9.80 Å². The van der Waals surface area contributed by atoms with Crippen LogP contribution in [0.3, 0.4) is 0 Å². The van der Waals surface area contributed by atoms with E-state index in [9.17, 15) is 27.6 Å². The smallest absolute Gasteiger partial charge is 0.383 e. The van der Waals surface area contributed by atoms with E-state index in [0.717, 1.165) is 12.1 Å². The predicted octanol–water partition coefficient (Wildman–Crippen LogP) is 1.78. The Labute approximate surface area is 194 Å². The average Bonchev–Trinajstić information content (AvgIpc) is 2.75. The molecule has 0 radical (unpaired) electrons. The molecule has 1 aliphatic rings. The summed E-state index contributed by atoms with van der Waals surface area (Å²) in [4.78, 5) is 39.4. The molecule has 0 saturated carbocycles. The van der Waals surface area contributed by atoms with Crippen molar-refractivity contribution in [3.8, 4) is 0 Å². The van der Waals surface area contributed by atoms with Crippen LogP contribution in [0.4, 0.5) is 23.7 Å². The Morgan fingerprint density at radius 2 is 1.76 bits per heavy atom. The van der Waals surface area contributed by atoms with Gasteiger partial charge in [0.1, 0.15) is 0 Å². The number of methoxy groups -OCH3 is 1. The summed E-state index contributed by atoms with van der Waals surface area (Å²) in [5.41, 5.74) is -1.02. The number of carbonyl (C=O) groups excluding carboxylic acids is 3. The lowest BCUT2D eigenvalue weighted by Crippen LogP contribution is -2.53. The van der Waals surface area contributed by atoms with Gasteiger partial charge in [-0.2, -0.15) is 13.2 Å². The number of nitrogens with one attached hydrogen (secondary N) is 3. The number of halogens is 4. The van der Waals surface area contributed by atoms with Gasteiger partial charge in [-0.25, -0.2) is 4.79 Å². The Morgan fingerprint density at radius 1 is 1.06 bits per heavy atom. The van der Waals surface area contributed by atoms with Crippen molar-refractivity contribution < 1.29 is 32.3 Å². The van der Waals surface area contributed by atoms with Gasteiger partial charge in [-0.15, -0.1) is 0 Å². The number of piperazine rings is 1. The van der Waals surface area contributed by atoms with Gasteiger partial charge in [0.15, 0.2) is 0 Å². The fraction of sp³-hybridized carbons (Fsp3) is 0.550. The maximum Gasteiger partial charge on any atom is 0.417 e. The third-order valence-corrected chi connectivity index (χ3v) is 5.17. The van der Waals surface area contributed by atoms with Crippen LogP contribution in [0.25, 0.3) is 0 Å².